The van der Waals surface area contributed by atoms with Crippen LogP contribution in [0.3, 0.4) is 0 Å². The summed E-state index contributed by atoms with van der Waals surface area (Å²) in [6, 6.07) is 0. The van der Waals surface area contributed by atoms with Gasteiger partial charge in [-0.3, -0.25) is 5.26 Å². The summed E-state index contributed by atoms with van der Waals surface area (Å²) in [4.78, 5) is 30.0. The van der Waals surface area contributed by atoms with Crippen LogP contribution in [0.25, 0.3) is 0 Å². The normalized spacial score (nSPS) is 46.5. The van der Waals surface area contributed by atoms with E-state index in [-0.39, 0.29) is 34.7 Å². The average molecular weight is 513 g/mol. The number of rotatable bonds is 2. The Bertz CT molecular complexity index is 1140. The number of fused-ring (bicyclic) bond motifs is 4. The third kappa shape index (κ3) is 3.36. The summed E-state index contributed by atoms with van der Waals surface area (Å²) in [5.74, 6) is -0.246. The van der Waals surface area contributed by atoms with E-state index < -0.39 is 23.3 Å². The first-order valence-electron chi connectivity index (χ1n) is 13.9. The highest BCUT2D eigenvalue weighted by atomic mass is 17.1. The van der Waals surface area contributed by atoms with Crippen molar-refractivity contribution in [2.45, 2.75) is 109 Å². The second-order valence-electron chi connectivity index (χ2n) is 13.5. The molecule has 0 amide bonds. The van der Waals surface area contributed by atoms with E-state index in [4.69, 9.17) is 14.4 Å². The van der Waals surface area contributed by atoms with Gasteiger partial charge < -0.3 is 14.6 Å². The Morgan fingerprint density at radius 2 is 1.70 bits per heavy atom. The van der Waals surface area contributed by atoms with Crippen molar-refractivity contribution in [1.29, 1.82) is 0 Å². The van der Waals surface area contributed by atoms with Gasteiger partial charge in [0.15, 0.2) is 5.60 Å². The molecule has 7 nitrogen and oxygen atoms in total. The van der Waals surface area contributed by atoms with Crippen LogP contribution in [0.2, 0.25) is 0 Å². The third-order valence-corrected chi connectivity index (χ3v) is 11.7. The molecule has 2 N–H and O–H groups in total. The molecule has 7 heteroatoms. The maximum absolute atomic E-state index is 12.5. The standard InChI is InChI=1S/C30H40O7/c1-27(2)20-7-8-21-18(25(37-34)17(20)6-9-24(31)36-27)10-12-28(3)22(11-13-29(21,28)4)19-14-16-15-23(19)35-26(32)30(16,5)33/h6,9,16,19,22-23,25,33-34H,7-8,10-15H2,1-5H3/t16-,19+,22-,23-,25-,28-,29+,30-/m1/s1. The molecule has 37 heavy (non-hydrogen) atoms. The molecular weight excluding hydrogens is 472 g/mol. The molecule has 4 aliphatic carbocycles. The highest BCUT2D eigenvalue weighted by Crippen LogP contribution is 2.70. The summed E-state index contributed by atoms with van der Waals surface area (Å²) < 4.78 is 11.6. The number of hydrogen-bond acceptors (Lipinski definition) is 7. The van der Waals surface area contributed by atoms with Crippen LogP contribution < -0.4 is 0 Å². The largest absolute Gasteiger partial charge is 0.460 e. The van der Waals surface area contributed by atoms with Crippen molar-refractivity contribution >= 4 is 11.9 Å². The van der Waals surface area contributed by atoms with Crippen LogP contribution >= 0.6 is 0 Å². The Kier molecular flexibility index (Phi) is 5.49. The van der Waals surface area contributed by atoms with Gasteiger partial charge in [-0.2, -0.15) is 0 Å². The highest BCUT2D eigenvalue weighted by molar-refractivity contribution is 5.84. The lowest BCUT2D eigenvalue weighted by molar-refractivity contribution is -0.260. The molecule has 0 unspecified atom stereocenters. The van der Waals surface area contributed by atoms with Crippen molar-refractivity contribution in [3.05, 3.63) is 34.4 Å². The average Bonchev–Trinajstić information content (AvgIpc) is 3.22. The molecular formula is C30H40O7. The first-order valence-corrected chi connectivity index (χ1v) is 13.9. The van der Waals surface area contributed by atoms with Crippen LogP contribution in [0.5, 0.6) is 0 Å². The zero-order chi connectivity index (χ0) is 26.5. The number of cyclic esters (lactones) is 1. The van der Waals surface area contributed by atoms with Gasteiger partial charge in [-0.25, -0.2) is 14.5 Å². The molecule has 2 bridgehead atoms. The van der Waals surface area contributed by atoms with Crippen molar-refractivity contribution in [3.8, 4) is 0 Å². The quantitative estimate of drug-likeness (QED) is 0.231. The number of ether oxygens (including phenoxy) is 2. The second-order valence-corrected chi connectivity index (χ2v) is 13.5. The zero-order valence-electron chi connectivity index (χ0n) is 22.6. The summed E-state index contributed by atoms with van der Waals surface area (Å²) in [5, 5.41) is 21.0. The predicted molar refractivity (Wildman–Crippen MR) is 135 cm³/mol. The van der Waals surface area contributed by atoms with Crippen molar-refractivity contribution in [2.24, 2.45) is 28.6 Å². The molecule has 0 spiro atoms. The van der Waals surface area contributed by atoms with Crippen LogP contribution in [0.4, 0.5) is 0 Å². The molecule has 8 atom stereocenters. The molecule has 1 saturated heterocycles. The number of carbonyl (C=O) groups is 2. The van der Waals surface area contributed by atoms with Crippen LogP contribution in [-0.2, 0) is 24.0 Å². The SMILES string of the molecule is CC1(C)OC(=O)C=CC2=C1CCC1=C(CC[C@]3(C)[C@@H]([C@@H]4C[C@@H]5C[C@H]4OC(=O)[C@]5(C)O)CC[C@@]13C)[C@@H]2OO. The van der Waals surface area contributed by atoms with Gasteiger partial charge in [0.05, 0.1) is 0 Å². The highest BCUT2D eigenvalue weighted by Gasteiger charge is 2.64. The molecule has 3 fully saturated rings. The van der Waals surface area contributed by atoms with Gasteiger partial charge in [-0.1, -0.05) is 19.4 Å². The number of hydrogen-bond donors (Lipinski definition) is 2. The smallest absolute Gasteiger partial charge is 0.338 e. The first-order chi connectivity index (χ1) is 17.3. The second kappa shape index (κ2) is 8.03. The predicted octanol–water partition coefficient (Wildman–Crippen LogP) is 5.04. The topological polar surface area (TPSA) is 102 Å². The number of esters is 2. The van der Waals surface area contributed by atoms with Gasteiger partial charge in [0, 0.05) is 12.0 Å². The molecule has 202 valence electrons. The molecule has 0 radical (unpaired) electrons. The van der Waals surface area contributed by atoms with E-state index in [1.54, 1.807) is 13.0 Å². The molecule has 0 aromatic carbocycles. The molecule has 2 saturated carbocycles. The Balaban J connectivity index is 1.37. The zero-order valence-corrected chi connectivity index (χ0v) is 22.6. The van der Waals surface area contributed by atoms with Gasteiger partial charge in [0.1, 0.15) is 17.8 Å². The minimum Gasteiger partial charge on any atom is -0.460 e. The van der Waals surface area contributed by atoms with E-state index in [1.807, 2.05) is 13.8 Å². The van der Waals surface area contributed by atoms with Crippen molar-refractivity contribution in [1.82, 2.24) is 0 Å². The minimum absolute atomic E-state index is 0.00576. The fourth-order valence-corrected chi connectivity index (χ4v) is 9.40. The molecule has 6 aliphatic rings. The van der Waals surface area contributed by atoms with Crippen molar-refractivity contribution in [3.63, 3.8) is 0 Å². The number of carbonyl (C=O) groups excluding carboxylic acids is 2. The maximum atomic E-state index is 12.5. The first kappa shape index (κ1) is 25.3. The Morgan fingerprint density at radius 3 is 2.43 bits per heavy atom. The fraction of sp³-hybridized carbons (Fsp3) is 0.733. The lowest BCUT2D eigenvalue weighted by Gasteiger charge is -2.52. The van der Waals surface area contributed by atoms with E-state index >= 15 is 0 Å². The summed E-state index contributed by atoms with van der Waals surface area (Å²) >= 11 is 0. The van der Waals surface area contributed by atoms with Gasteiger partial charge >= 0.3 is 11.9 Å². The van der Waals surface area contributed by atoms with Gasteiger partial charge in [-0.15, -0.1) is 0 Å². The van der Waals surface area contributed by atoms with Gasteiger partial charge in [-0.05, 0) is 118 Å². The third-order valence-electron chi connectivity index (χ3n) is 11.7. The van der Waals surface area contributed by atoms with Crippen molar-refractivity contribution in [2.75, 3.05) is 0 Å². The summed E-state index contributed by atoms with van der Waals surface area (Å²) in [5.41, 5.74) is 2.10. The van der Waals surface area contributed by atoms with E-state index in [1.165, 1.54) is 11.6 Å². The molecule has 0 aromatic rings. The van der Waals surface area contributed by atoms with E-state index in [0.29, 0.717) is 5.92 Å². The van der Waals surface area contributed by atoms with Crippen LogP contribution in [-0.4, -0.2) is 45.7 Å². The molecule has 0 aromatic heterocycles. The maximum Gasteiger partial charge on any atom is 0.338 e. The lowest BCUT2D eigenvalue weighted by atomic mass is 9.52. The minimum atomic E-state index is -1.39. The Hall–Kier alpha value is -1.96. The Labute approximate surface area is 218 Å². The number of allylic oxidation sites excluding steroid dienone is 1. The molecule has 6 rings (SSSR count). The van der Waals surface area contributed by atoms with Crippen LogP contribution in [0, 0.1) is 28.6 Å². The summed E-state index contributed by atoms with van der Waals surface area (Å²) in [6.45, 7) is 10.2. The van der Waals surface area contributed by atoms with Gasteiger partial charge in [0.2, 0.25) is 0 Å². The molecule has 2 heterocycles. The van der Waals surface area contributed by atoms with E-state index in [9.17, 15) is 20.0 Å². The summed E-state index contributed by atoms with van der Waals surface area (Å²) in [6.07, 6.45) is 9.49. The van der Waals surface area contributed by atoms with Crippen LogP contribution in [0.1, 0.15) is 86.0 Å². The monoisotopic (exact) mass is 512 g/mol. The lowest BCUT2D eigenvalue weighted by Crippen LogP contribution is -2.48. The van der Waals surface area contributed by atoms with Gasteiger partial charge in [0.25, 0.3) is 0 Å². The Morgan fingerprint density at radius 1 is 0.973 bits per heavy atom. The molecule has 2 aliphatic heterocycles. The van der Waals surface area contributed by atoms with E-state index in [2.05, 4.69) is 13.8 Å². The van der Waals surface area contributed by atoms with Crippen molar-refractivity contribution < 1.29 is 34.3 Å². The van der Waals surface area contributed by atoms with Crippen LogP contribution in [0.15, 0.2) is 34.4 Å². The van der Waals surface area contributed by atoms with E-state index in [0.717, 1.165) is 68.1 Å². The number of aliphatic hydroxyl groups is 1. The fourth-order valence-electron chi connectivity index (χ4n) is 9.40. The summed E-state index contributed by atoms with van der Waals surface area (Å²) in [7, 11) is 0.